The molecule has 3 aromatic rings. The van der Waals surface area contributed by atoms with E-state index in [0.29, 0.717) is 18.0 Å². The number of aromatic carboxylic acids is 1. The molecule has 0 atom stereocenters. The monoisotopic (exact) mass is 436 g/mol. The largest absolute Gasteiger partial charge is 0.493 e. The number of hydrogen-bond acceptors (Lipinski definition) is 6. The summed E-state index contributed by atoms with van der Waals surface area (Å²) in [6, 6.07) is 12.7. The molecule has 0 radical (unpaired) electrons. The first-order valence-electron chi connectivity index (χ1n) is 10.8. The Morgan fingerprint density at radius 1 is 1.12 bits per heavy atom. The van der Waals surface area contributed by atoms with Crippen molar-refractivity contribution in [2.75, 3.05) is 12.0 Å². The fourth-order valence-electron chi connectivity index (χ4n) is 4.14. The molecule has 7 nitrogen and oxygen atoms in total. The van der Waals surface area contributed by atoms with E-state index >= 15 is 0 Å². The Morgan fingerprint density at radius 3 is 2.53 bits per heavy atom. The lowest BCUT2D eigenvalue weighted by Gasteiger charge is -2.27. The summed E-state index contributed by atoms with van der Waals surface area (Å²) in [5, 5.41) is 13.6. The molecule has 1 aliphatic rings. The van der Waals surface area contributed by atoms with Gasteiger partial charge in [-0.2, -0.15) is 0 Å². The van der Waals surface area contributed by atoms with Gasteiger partial charge in [0.25, 0.3) is 0 Å². The van der Waals surface area contributed by atoms with Gasteiger partial charge >= 0.3 is 5.97 Å². The number of anilines is 2. The van der Waals surface area contributed by atoms with Gasteiger partial charge < -0.3 is 24.0 Å². The molecule has 4 rings (SSSR count). The average molecular weight is 437 g/mol. The van der Waals surface area contributed by atoms with Gasteiger partial charge in [-0.3, -0.25) is 0 Å². The molecule has 0 unspecified atom stereocenters. The number of aryl methyl sites for hydroxylation is 2. The van der Waals surface area contributed by atoms with Gasteiger partial charge in [0.05, 0.1) is 31.0 Å². The second-order valence-corrected chi connectivity index (χ2v) is 8.10. The Morgan fingerprint density at radius 2 is 1.88 bits per heavy atom. The molecule has 1 aliphatic carbocycles. The number of rotatable bonds is 8. The maximum atomic E-state index is 11.6. The predicted octanol–water partition coefficient (Wildman–Crippen LogP) is 5.66. The van der Waals surface area contributed by atoms with Crippen LogP contribution in [0.3, 0.4) is 0 Å². The second-order valence-electron chi connectivity index (χ2n) is 8.10. The molecule has 0 bridgehead atoms. The molecule has 1 heterocycles. The average Bonchev–Trinajstić information content (AvgIpc) is 3.42. The lowest BCUT2D eigenvalue weighted by Crippen LogP contribution is -2.18. The minimum absolute atomic E-state index is 0.186. The normalized spacial score (nSPS) is 13.8. The van der Waals surface area contributed by atoms with Gasteiger partial charge in [0.1, 0.15) is 5.76 Å². The molecule has 1 aromatic heterocycles. The smallest absolute Gasteiger partial charge is 0.335 e. The van der Waals surface area contributed by atoms with Crippen molar-refractivity contribution in [3.63, 3.8) is 0 Å². The van der Waals surface area contributed by atoms with E-state index in [1.807, 2.05) is 43.0 Å². The highest BCUT2D eigenvalue weighted by Gasteiger charge is 2.22. The minimum atomic E-state index is -0.968. The lowest BCUT2D eigenvalue weighted by molar-refractivity contribution is 0.0697. The van der Waals surface area contributed by atoms with Crippen molar-refractivity contribution in [1.29, 1.82) is 0 Å². The van der Waals surface area contributed by atoms with Crippen molar-refractivity contribution in [1.82, 2.24) is 5.16 Å². The third kappa shape index (κ3) is 4.56. The van der Waals surface area contributed by atoms with Crippen molar-refractivity contribution >= 4 is 17.3 Å². The number of ether oxygens (including phenoxy) is 2. The standard InChI is InChI=1S/C25H28N2O5/c1-16-22(17(2)32-26-16)15-27(19-8-6-7-18(13-19)25(28)29)20-11-12-23(30-3)24(14-20)31-21-9-4-5-10-21/h6-8,11-14,21H,4-5,9-10,15H2,1-3H3,(H,28,29). The van der Waals surface area contributed by atoms with Gasteiger partial charge in [0.15, 0.2) is 11.5 Å². The SMILES string of the molecule is COc1ccc(N(Cc2c(C)noc2C)c2cccc(C(=O)O)c2)cc1OC1CCCC1. The molecule has 1 fully saturated rings. The molecule has 7 heteroatoms. The van der Waals surface area contributed by atoms with Crippen LogP contribution in [0.5, 0.6) is 11.5 Å². The summed E-state index contributed by atoms with van der Waals surface area (Å²) in [5.74, 6) is 1.13. The van der Waals surface area contributed by atoms with Crippen LogP contribution in [0.15, 0.2) is 47.0 Å². The summed E-state index contributed by atoms with van der Waals surface area (Å²) < 4.78 is 17.2. The van der Waals surface area contributed by atoms with Crippen molar-refractivity contribution < 1.29 is 23.9 Å². The number of hydrogen-bond donors (Lipinski definition) is 1. The van der Waals surface area contributed by atoms with E-state index in [2.05, 4.69) is 5.16 Å². The van der Waals surface area contributed by atoms with E-state index in [-0.39, 0.29) is 11.7 Å². The highest BCUT2D eigenvalue weighted by Crippen LogP contribution is 2.38. The lowest BCUT2D eigenvalue weighted by atomic mass is 10.1. The first-order valence-corrected chi connectivity index (χ1v) is 10.8. The number of carbonyl (C=O) groups is 1. The topological polar surface area (TPSA) is 85.0 Å². The zero-order chi connectivity index (χ0) is 22.7. The number of nitrogens with zero attached hydrogens (tertiary/aromatic N) is 2. The van der Waals surface area contributed by atoms with Gasteiger partial charge in [-0.1, -0.05) is 11.2 Å². The van der Waals surface area contributed by atoms with E-state index in [1.165, 1.54) is 12.8 Å². The molecule has 32 heavy (non-hydrogen) atoms. The first kappa shape index (κ1) is 21.7. The first-order chi connectivity index (χ1) is 15.5. The van der Waals surface area contributed by atoms with Crippen molar-refractivity contribution in [3.8, 4) is 11.5 Å². The predicted molar refractivity (Wildman–Crippen MR) is 121 cm³/mol. The quantitative estimate of drug-likeness (QED) is 0.488. The number of aromatic nitrogens is 1. The minimum Gasteiger partial charge on any atom is -0.493 e. The molecule has 2 aromatic carbocycles. The second kappa shape index (κ2) is 9.34. The summed E-state index contributed by atoms with van der Waals surface area (Å²) in [6.07, 6.45) is 4.61. The maximum absolute atomic E-state index is 11.6. The third-order valence-corrected chi connectivity index (χ3v) is 5.96. The van der Waals surface area contributed by atoms with Crippen LogP contribution in [0.25, 0.3) is 0 Å². The van der Waals surface area contributed by atoms with Crippen LogP contribution < -0.4 is 14.4 Å². The van der Waals surface area contributed by atoms with Crippen molar-refractivity contribution in [3.05, 3.63) is 65.0 Å². The van der Waals surface area contributed by atoms with Gasteiger partial charge in [-0.25, -0.2) is 4.79 Å². The van der Waals surface area contributed by atoms with Crippen LogP contribution in [0.2, 0.25) is 0 Å². The molecule has 1 saturated carbocycles. The fourth-order valence-corrected chi connectivity index (χ4v) is 4.14. The van der Waals surface area contributed by atoms with E-state index in [4.69, 9.17) is 14.0 Å². The number of methoxy groups -OCH3 is 1. The maximum Gasteiger partial charge on any atom is 0.335 e. The molecule has 0 spiro atoms. The molecule has 1 N–H and O–H groups in total. The summed E-state index contributed by atoms with van der Waals surface area (Å²) in [4.78, 5) is 13.6. The van der Waals surface area contributed by atoms with Crippen LogP contribution in [-0.4, -0.2) is 29.4 Å². The van der Waals surface area contributed by atoms with Crippen molar-refractivity contribution in [2.45, 2.75) is 52.2 Å². The Balaban J connectivity index is 1.77. The number of carboxylic acid groups (broad SMARTS) is 1. The molecule has 0 amide bonds. The molecular weight excluding hydrogens is 408 g/mol. The number of carboxylic acids is 1. The highest BCUT2D eigenvalue weighted by atomic mass is 16.5. The zero-order valence-electron chi connectivity index (χ0n) is 18.6. The summed E-state index contributed by atoms with van der Waals surface area (Å²) in [7, 11) is 1.63. The summed E-state index contributed by atoms with van der Waals surface area (Å²) >= 11 is 0. The van der Waals surface area contributed by atoms with E-state index in [1.54, 1.807) is 25.3 Å². The highest BCUT2D eigenvalue weighted by molar-refractivity contribution is 5.89. The molecule has 0 aliphatic heterocycles. The summed E-state index contributed by atoms with van der Waals surface area (Å²) in [5.41, 5.74) is 3.60. The van der Waals surface area contributed by atoms with Crippen LogP contribution >= 0.6 is 0 Å². The van der Waals surface area contributed by atoms with Crippen LogP contribution in [0.4, 0.5) is 11.4 Å². The third-order valence-electron chi connectivity index (χ3n) is 5.96. The fraction of sp³-hybridized carbons (Fsp3) is 0.360. The van der Waals surface area contributed by atoms with Crippen LogP contribution in [0, 0.1) is 13.8 Å². The van der Waals surface area contributed by atoms with E-state index < -0.39 is 5.97 Å². The Labute approximate surface area is 187 Å². The molecule has 168 valence electrons. The van der Waals surface area contributed by atoms with Gasteiger partial charge in [-0.15, -0.1) is 0 Å². The van der Waals surface area contributed by atoms with Crippen LogP contribution in [-0.2, 0) is 6.54 Å². The van der Waals surface area contributed by atoms with Crippen molar-refractivity contribution in [2.24, 2.45) is 0 Å². The molecular formula is C25H28N2O5. The summed E-state index contributed by atoms with van der Waals surface area (Å²) in [6.45, 7) is 4.25. The Kier molecular flexibility index (Phi) is 6.35. The van der Waals surface area contributed by atoms with E-state index in [9.17, 15) is 9.90 Å². The zero-order valence-corrected chi connectivity index (χ0v) is 18.6. The van der Waals surface area contributed by atoms with E-state index in [0.717, 1.165) is 41.2 Å². The Bertz CT molecular complexity index is 1080. The Hall–Kier alpha value is -3.48. The molecule has 0 saturated heterocycles. The van der Waals surface area contributed by atoms with Gasteiger partial charge in [0.2, 0.25) is 0 Å². The number of benzene rings is 2. The van der Waals surface area contributed by atoms with Crippen LogP contribution in [0.1, 0.15) is 53.1 Å². The van der Waals surface area contributed by atoms with Gasteiger partial charge in [0, 0.05) is 23.0 Å². The van der Waals surface area contributed by atoms with Gasteiger partial charge in [-0.05, 0) is 69.9 Å².